The number of carbonyl (C=O) groups is 1. The summed E-state index contributed by atoms with van der Waals surface area (Å²) in [5.41, 5.74) is -0.460. The molecule has 0 bridgehead atoms. The van der Waals surface area contributed by atoms with Gasteiger partial charge in [0.05, 0.1) is 24.6 Å². The molecule has 8 nitrogen and oxygen atoms in total. The monoisotopic (exact) mass is 460 g/mol. The van der Waals surface area contributed by atoms with Crippen LogP contribution in [0.1, 0.15) is 57.4 Å². The lowest BCUT2D eigenvalue weighted by molar-refractivity contribution is -0.199. The third-order valence-corrected chi connectivity index (χ3v) is 9.90. The number of esters is 1. The lowest BCUT2D eigenvalue weighted by atomic mass is 9.45. The molecule has 33 heavy (non-hydrogen) atoms. The molecule has 180 valence electrons. The maximum Gasteiger partial charge on any atom is 0.335 e. The molecule has 12 atom stereocenters. The average molecular weight is 461 g/mol. The molecule has 8 heteroatoms. The molecule has 6 rings (SSSR count). The van der Waals surface area contributed by atoms with Crippen LogP contribution in [-0.4, -0.2) is 57.4 Å². The maximum atomic E-state index is 12.0. The van der Waals surface area contributed by atoms with Gasteiger partial charge in [0.15, 0.2) is 0 Å². The molecular weight excluding hydrogens is 428 g/mol. The Balaban J connectivity index is 1.40. The molecule has 4 saturated carbocycles. The van der Waals surface area contributed by atoms with Crippen LogP contribution in [0.5, 0.6) is 0 Å². The van der Waals surface area contributed by atoms with E-state index in [0.29, 0.717) is 12.8 Å². The fourth-order valence-corrected chi connectivity index (χ4v) is 8.72. The Morgan fingerprint density at radius 1 is 1.09 bits per heavy atom. The van der Waals surface area contributed by atoms with E-state index < -0.39 is 35.6 Å². The molecule has 4 aliphatic carbocycles. The number of aliphatic hydroxyl groups excluding tert-OH is 3. The molecule has 1 saturated heterocycles. The Hall–Kier alpha value is -1.74. The second kappa shape index (κ2) is 7.13. The Labute approximate surface area is 191 Å². The van der Waals surface area contributed by atoms with Gasteiger partial charge in [-0.2, -0.15) is 0 Å². The van der Waals surface area contributed by atoms with Gasteiger partial charge in [0.25, 0.3) is 0 Å². The number of rotatable bonds is 2. The summed E-state index contributed by atoms with van der Waals surface area (Å²) in [5.74, 6) is -0.744. The summed E-state index contributed by atoms with van der Waals surface area (Å²) in [6.45, 7) is 3.54. The third kappa shape index (κ3) is 2.84. The SMILES string of the molecule is CC(=O)O[C@@H]1[C@H](c2ccc(=O)oc2)C2C[C@@H](O)[C@H]3[C@@H](CC[C@@H]4[C@@H](O)[C@@H](O)CC[C@]34C)[C@]23O[C@H]13. The molecular formula is C25H32O8. The standard InChI is InChI=1S/C25H32O8/c1-11(26)32-22-19(12-3-6-18(29)31-10-12)15-9-17(28)20-13(25(15)23(22)33-25)4-5-14-21(30)16(27)7-8-24(14,20)2/h3,6,10,13-17,19-23,27-28,30H,4-5,7-9H2,1-2H3/t13-,14-,15?,16+,17-,19-,20-,21-,22-,23-,24+,25+/m1/s1. The molecule has 3 N–H and O–H groups in total. The average Bonchev–Trinajstić information content (AvgIpc) is 3.44. The van der Waals surface area contributed by atoms with Gasteiger partial charge in [0.1, 0.15) is 17.8 Å². The highest BCUT2D eigenvalue weighted by Gasteiger charge is 2.81. The predicted molar refractivity (Wildman–Crippen MR) is 114 cm³/mol. The summed E-state index contributed by atoms with van der Waals surface area (Å²) < 4.78 is 17.4. The van der Waals surface area contributed by atoms with E-state index in [2.05, 4.69) is 6.92 Å². The molecule has 1 aromatic heterocycles. The largest absolute Gasteiger partial charge is 0.459 e. The second-order valence-corrected chi connectivity index (χ2v) is 11.2. The van der Waals surface area contributed by atoms with Gasteiger partial charge >= 0.3 is 11.6 Å². The maximum absolute atomic E-state index is 12.0. The van der Waals surface area contributed by atoms with Crippen LogP contribution < -0.4 is 5.63 Å². The first-order valence-electron chi connectivity index (χ1n) is 12.2. The first-order chi connectivity index (χ1) is 15.7. The summed E-state index contributed by atoms with van der Waals surface area (Å²) in [6.07, 6.45) is 1.88. The van der Waals surface area contributed by atoms with E-state index >= 15 is 0 Å². The molecule has 0 radical (unpaired) electrons. The van der Waals surface area contributed by atoms with Crippen molar-refractivity contribution in [3.05, 3.63) is 34.4 Å². The molecule has 1 unspecified atom stereocenters. The number of fused-ring (bicyclic) bond motifs is 3. The van der Waals surface area contributed by atoms with Crippen molar-refractivity contribution in [1.82, 2.24) is 0 Å². The van der Waals surface area contributed by atoms with Crippen LogP contribution in [0.25, 0.3) is 0 Å². The summed E-state index contributed by atoms with van der Waals surface area (Å²) in [5, 5.41) is 32.6. The Morgan fingerprint density at radius 3 is 2.55 bits per heavy atom. The van der Waals surface area contributed by atoms with Crippen LogP contribution in [0.15, 0.2) is 27.6 Å². The number of aliphatic hydroxyl groups is 3. The number of carbonyl (C=O) groups excluding carboxylic acids is 1. The zero-order chi connectivity index (χ0) is 23.3. The fraction of sp³-hybridized carbons (Fsp3) is 0.760. The van der Waals surface area contributed by atoms with Gasteiger partial charge in [-0.15, -0.1) is 0 Å². The zero-order valence-corrected chi connectivity index (χ0v) is 18.9. The van der Waals surface area contributed by atoms with E-state index in [4.69, 9.17) is 13.9 Å². The summed E-state index contributed by atoms with van der Waals surface area (Å²) in [7, 11) is 0. The molecule has 1 aliphatic heterocycles. The van der Waals surface area contributed by atoms with E-state index in [-0.39, 0.29) is 47.1 Å². The van der Waals surface area contributed by atoms with Crippen LogP contribution >= 0.6 is 0 Å². The van der Waals surface area contributed by atoms with Gasteiger partial charge in [0.2, 0.25) is 0 Å². The van der Waals surface area contributed by atoms with Crippen molar-refractivity contribution in [2.75, 3.05) is 0 Å². The van der Waals surface area contributed by atoms with Gasteiger partial charge in [0, 0.05) is 24.8 Å². The highest BCUT2D eigenvalue weighted by Crippen LogP contribution is 2.73. The summed E-state index contributed by atoms with van der Waals surface area (Å²) in [6, 6.07) is 3.10. The van der Waals surface area contributed by atoms with Gasteiger partial charge in [-0.05, 0) is 66.9 Å². The minimum absolute atomic E-state index is 0.0628. The predicted octanol–water partition coefficient (Wildman–Crippen LogP) is 1.35. The molecule has 5 fully saturated rings. The van der Waals surface area contributed by atoms with Crippen LogP contribution in [-0.2, 0) is 14.3 Å². The lowest BCUT2D eigenvalue weighted by Gasteiger charge is -2.61. The van der Waals surface area contributed by atoms with E-state index in [9.17, 15) is 24.9 Å². The first kappa shape index (κ1) is 21.8. The highest BCUT2D eigenvalue weighted by atomic mass is 16.7. The zero-order valence-electron chi connectivity index (χ0n) is 18.9. The summed E-state index contributed by atoms with van der Waals surface area (Å²) in [4.78, 5) is 23.6. The van der Waals surface area contributed by atoms with E-state index in [1.54, 1.807) is 6.07 Å². The summed E-state index contributed by atoms with van der Waals surface area (Å²) >= 11 is 0. The Kier molecular flexibility index (Phi) is 4.71. The van der Waals surface area contributed by atoms with Gasteiger partial charge in [-0.25, -0.2) is 4.79 Å². The van der Waals surface area contributed by atoms with E-state index in [1.165, 1.54) is 19.3 Å². The highest BCUT2D eigenvalue weighted by molar-refractivity contribution is 5.66. The minimum atomic E-state index is -0.777. The van der Waals surface area contributed by atoms with Crippen molar-refractivity contribution in [3.63, 3.8) is 0 Å². The molecule has 0 aromatic carbocycles. The van der Waals surface area contributed by atoms with Gasteiger partial charge in [-0.1, -0.05) is 6.92 Å². The fourth-order valence-electron chi connectivity index (χ4n) is 8.72. The second-order valence-electron chi connectivity index (χ2n) is 11.2. The third-order valence-electron chi connectivity index (χ3n) is 9.90. The van der Waals surface area contributed by atoms with Gasteiger partial charge < -0.3 is 29.2 Å². The number of epoxide rings is 1. The minimum Gasteiger partial charge on any atom is -0.459 e. The van der Waals surface area contributed by atoms with Crippen LogP contribution in [0.4, 0.5) is 0 Å². The Morgan fingerprint density at radius 2 is 1.85 bits per heavy atom. The normalized spacial score (nSPS) is 52.2. The Bertz CT molecular complexity index is 1000. The van der Waals surface area contributed by atoms with Crippen molar-refractivity contribution in [3.8, 4) is 0 Å². The van der Waals surface area contributed by atoms with E-state index in [0.717, 1.165) is 24.8 Å². The topological polar surface area (TPSA) is 130 Å². The van der Waals surface area contributed by atoms with Crippen molar-refractivity contribution < 1.29 is 34.0 Å². The van der Waals surface area contributed by atoms with E-state index in [1.807, 2.05) is 0 Å². The smallest absolute Gasteiger partial charge is 0.335 e. The quantitative estimate of drug-likeness (QED) is 0.446. The molecule has 1 spiro atoms. The van der Waals surface area contributed by atoms with Crippen LogP contribution in [0.2, 0.25) is 0 Å². The number of ether oxygens (including phenoxy) is 2. The molecule has 1 aromatic rings. The van der Waals surface area contributed by atoms with Crippen molar-refractivity contribution in [1.29, 1.82) is 0 Å². The lowest BCUT2D eigenvalue weighted by Crippen LogP contribution is -2.63. The number of hydrogen-bond acceptors (Lipinski definition) is 8. The van der Waals surface area contributed by atoms with Gasteiger partial charge in [-0.3, -0.25) is 4.79 Å². The van der Waals surface area contributed by atoms with Crippen LogP contribution in [0.3, 0.4) is 0 Å². The van der Waals surface area contributed by atoms with Crippen LogP contribution in [0, 0.1) is 29.1 Å². The van der Waals surface area contributed by atoms with Crippen molar-refractivity contribution in [2.45, 2.75) is 88.0 Å². The number of hydrogen-bond donors (Lipinski definition) is 3. The molecule has 5 aliphatic rings. The van der Waals surface area contributed by atoms with Crippen molar-refractivity contribution >= 4 is 5.97 Å². The molecule has 2 heterocycles. The van der Waals surface area contributed by atoms with Crippen molar-refractivity contribution in [2.24, 2.45) is 29.1 Å². The first-order valence-corrected chi connectivity index (χ1v) is 12.2. The molecule has 0 amide bonds.